The van der Waals surface area contributed by atoms with Gasteiger partial charge in [0.1, 0.15) is 6.10 Å². The number of rotatable bonds is 2. The van der Waals surface area contributed by atoms with Gasteiger partial charge in [0.15, 0.2) is 0 Å². The molecule has 0 aromatic heterocycles. The summed E-state index contributed by atoms with van der Waals surface area (Å²) in [4.78, 5) is 10.7. The van der Waals surface area contributed by atoms with Crippen LogP contribution < -0.4 is 5.46 Å². The number of hydrogen-bond acceptors (Lipinski definition) is 3. The molecule has 15 heavy (non-hydrogen) atoms. The summed E-state index contributed by atoms with van der Waals surface area (Å²) in [7, 11) is -1.07. The minimum absolute atomic E-state index is 0.0704. The second-order valence-electron chi connectivity index (χ2n) is 3.33. The van der Waals surface area contributed by atoms with E-state index in [0.29, 0.717) is 11.0 Å². The van der Waals surface area contributed by atoms with Crippen LogP contribution in [-0.2, 0) is 9.45 Å². The van der Waals surface area contributed by atoms with Crippen molar-refractivity contribution >= 4 is 18.6 Å². The zero-order valence-electron chi connectivity index (χ0n) is 7.88. The molecule has 1 atom stereocenters. The average molecular weight is 204 g/mol. The molecule has 1 aliphatic heterocycles. The number of carboxylic acid groups (broad SMARTS) is 1. The molecule has 0 bridgehead atoms. The second-order valence-corrected chi connectivity index (χ2v) is 3.33. The molecule has 0 radical (unpaired) electrons. The molecular weight excluding hydrogens is 195 g/mol. The Balaban J connectivity index is 2.41. The summed E-state index contributed by atoms with van der Waals surface area (Å²) in [5.41, 5.74) is 1.20. The Morgan fingerprint density at radius 3 is 2.80 bits per heavy atom. The summed E-state index contributed by atoms with van der Waals surface area (Å²) in [5, 5.41) is 18.3. The van der Waals surface area contributed by atoms with Crippen molar-refractivity contribution < 1.29 is 19.6 Å². The fourth-order valence-electron chi connectivity index (χ4n) is 1.63. The van der Waals surface area contributed by atoms with Crippen molar-refractivity contribution in [3.05, 3.63) is 42.0 Å². The molecule has 76 valence electrons. The molecule has 0 saturated carbocycles. The third-order valence-electron chi connectivity index (χ3n) is 2.40. The highest BCUT2D eigenvalue weighted by atomic mass is 16.5. The maximum absolute atomic E-state index is 10.7. The van der Waals surface area contributed by atoms with Crippen molar-refractivity contribution in [2.75, 3.05) is 0 Å². The van der Waals surface area contributed by atoms with Crippen LogP contribution in [0.5, 0.6) is 0 Å². The molecule has 0 aliphatic carbocycles. The van der Waals surface area contributed by atoms with Gasteiger partial charge >= 0.3 is 13.1 Å². The van der Waals surface area contributed by atoms with Crippen molar-refractivity contribution in [3.8, 4) is 0 Å². The van der Waals surface area contributed by atoms with Crippen molar-refractivity contribution in [2.45, 2.75) is 6.10 Å². The van der Waals surface area contributed by atoms with Gasteiger partial charge in [-0.15, -0.1) is 0 Å². The Kier molecular flexibility index (Phi) is 2.34. The lowest BCUT2D eigenvalue weighted by molar-refractivity contribution is -0.133. The molecule has 5 heteroatoms. The molecular formula is C10H9BO4. The van der Waals surface area contributed by atoms with E-state index < -0.39 is 19.2 Å². The number of hydrogen-bond donors (Lipinski definition) is 2. The minimum atomic E-state index is -1.12. The number of aliphatic carboxylic acids is 1. The Labute approximate surface area is 87.0 Å². The van der Waals surface area contributed by atoms with E-state index >= 15 is 0 Å². The molecule has 1 heterocycles. The van der Waals surface area contributed by atoms with Crippen molar-refractivity contribution in [3.63, 3.8) is 0 Å². The SMILES string of the molecule is C=C(C(=O)O)[C@H]1OB(O)c2ccccc21. The first-order chi connectivity index (χ1) is 7.11. The molecule has 4 nitrogen and oxygen atoms in total. The molecule has 1 aromatic carbocycles. The minimum Gasteiger partial charge on any atom is -0.478 e. The maximum atomic E-state index is 10.7. The third kappa shape index (κ3) is 1.56. The summed E-state index contributed by atoms with van der Waals surface area (Å²) >= 11 is 0. The summed E-state index contributed by atoms with van der Waals surface area (Å²) in [6, 6.07) is 6.96. The fourth-order valence-corrected chi connectivity index (χ4v) is 1.63. The van der Waals surface area contributed by atoms with Crippen molar-refractivity contribution in [2.24, 2.45) is 0 Å². The van der Waals surface area contributed by atoms with E-state index in [4.69, 9.17) is 9.76 Å². The van der Waals surface area contributed by atoms with Crippen molar-refractivity contribution in [1.29, 1.82) is 0 Å². The van der Waals surface area contributed by atoms with Gasteiger partial charge in [-0.3, -0.25) is 0 Å². The van der Waals surface area contributed by atoms with E-state index in [-0.39, 0.29) is 5.57 Å². The molecule has 2 rings (SSSR count). The highest BCUT2D eigenvalue weighted by molar-refractivity contribution is 6.61. The predicted octanol–water partition coefficient (Wildman–Crippen LogP) is 0.0862. The molecule has 1 aliphatic rings. The first-order valence-corrected chi connectivity index (χ1v) is 4.45. The monoisotopic (exact) mass is 204 g/mol. The Morgan fingerprint density at radius 1 is 1.47 bits per heavy atom. The lowest BCUT2D eigenvalue weighted by Crippen LogP contribution is -2.27. The van der Waals surface area contributed by atoms with E-state index in [1.54, 1.807) is 24.3 Å². The van der Waals surface area contributed by atoms with Crippen LogP contribution in [0.15, 0.2) is 36.4 Å². The molecule has 0 unspecified atom stereocenters. The van der Waals surface area contributed by atoms with Gasteiger partial charge in [0, 0.05) is 0 Å². The van der Waals surface area contributed by atoms with Crippen LogP contribution >= 0.6 is 0 Å². The first-order valence-electron chi connectivity index (χ1n) is 4.45. The van der Waals surface area contributed by atoms with E-state index in [1.165, 1.54) is 0 Å². The van der Waals surface area contributed by atoms with Gasteiger partial charge in [-0.25, -0.2) is 4.79 Å². The highest BCUT2D eigenvalue weighted by Gasteiger charge is 2.37. The largest absolute Gasteiger partial charge is 0.492 e. The zero-order valence-corrected chi connectivity index (χ0v) is 7.88. The van der Waals surface area contributed by atoms with Crippen LogP contribution in [0.3, 0.4) is 0 Å². The molecule has 0 amide bonds. The van der Waals surface area contributed by atoms with Gasteiger partial charge in [0.25, 0.3) is 0 Å². The summed E-state index contributed by atoms with van der Waals surface area (Å²) < 4.78 is 5.13. The number of benzene rings is 1. The lowest BCUT2D eigenvalue weighted by atomic mass is 9.79. The van der Waals surface area contributed by atoms with Gasteiger partial charge in [-0.1, -0.05) is 30.8 Å². The van der Waals surface area contributed by atoms with Gasteiger partial charge in [0.2, 0.25) is 0 Å². The Hall–Kier alpha value is -1.59. The average Bonchev–Trinajstić information content (AvgIpc) is 2.56. The van der Waals surface area contributed by atoms with E-state index in [9.17, 15) is 9.82 Å². The summed E-state index contributed by atoms with van der Waals surface area (Å²) in [5.74, 6) is -1.12. The Morgan fingerprint density at radius 2 is 2.13 bits per heavy atom. The van der Waals surface area contributed by atoms with Crippen LogP contribution in [0.4, 0.5) is 0 Å². The maximum Gasteiger partial charge on any atom is 0.492 e. The van der Waals surface area contributed by atoms with E-state index in [1.807, 2.05) is 0 Å². The number of fused-ring (bicyclic) bond motifs is 1. The molecule has 0 saturated heterocycles. The number of carbonyl (C=O) groups is 1. The third-order valence-corrected chi connectivity index (χ3v) is 2.40. The predicted molar refractivity (Wildman–Crippen MR) is 54.7 cm³/mol. The molecule has 0 spiro atoms. The topological polar surface area (TPSA) is 66.8 Å². The lowest BCUT2D eigenvalue weighted by Gasteiger charge is -2.11. The quantitative estimate of drug-likeness (QED) is 0.529. The van der Waals surface area contributed by atoms with Gasteiger partial charge < -0.3 is 14.8 Å². The standard InChI is InChI=1S/C10H9BO4/c1-6(10(12)13)9-7-4-2-3-5-8(7)11(14)15-9/h2-5,9,14H,1H2,(H,12,13)/t9-/m1/s1. The molecule has 1 aromatic rings. The van der Waals surface area contributed by atoms with Gasteiger partial charge in [-0.05, 0) is 11.0 Å². The van der Waals surface area contributed by atoms with Crippen molar-refractivity contribution in [1.82, 2.24) is 0 Å². The van der Waals surface area contributed by atoms with Crippen LogP contribution in [0.25, 0.3) is 0 Å². The van der Waals surface area contributed by atoms with Crippen LogP contribution in [-0.4, -0.2) is 23.2 Å². The summed E-state index contributed by atoms with van der Waals surface area (Å²) in [6.07, 6.45) is -0.756. The van der Waals surface area contributed by atoms with Crippen LogP contribution in [0.1, 0.15) is 11.7 Å². The van der Waals surface area contributed by atoms with Crippen LogP contribution in [0.2, 0.25) is 0 Å². The van der Waals surface area contributed by atoms with E-state index in [2.05, 4.69) is 6.58 Å². The smallest absolute Gasteiger partial charge is 0.478 e. The second kappa shape index (κ2) is 3.53. The van der Waals surface area contributed by atoms with Crippen LogP contribution in [0, 0.1) is 0 Å². The first kappa shape index (κ1) is 9.95. The van der Waals surface area contributed by atoms with E-state index in [0.717, 1.165) is 0 Å². The number of carboxylic acids is 1. The zero-order chi connectivity index (χ0) is 11.0. The summed E-state index contributed by atoms with van der Waals surface area (Å²) in [6.45, 7) is 3.43. The fraction of sp³-hybridized carbons (Fsp3) is 0.100. The van der Waals surface area contributed by atoms with Gasteiger partial charge in [0.05, 0.1) is 5.57 Å². The van der Waals surface area contributed by atoms with Gasteiger partial charge in [-0.2, -0.15) is 0 Å². The Bertz CT molecular complexity index is 429. The highest BCUT2D eigenvalue weighted by Crippen LogP contribution is 2.29. The normalized spacial score (nSPS) is 18.7. The molecule has 0 fully saturated rings. The molecule has 2 N–H and O–H groups in total.